The highest BCUT2D eigenvalue weighted by Gasteiger charge is 2.31. The van der Waals surface area contributed by atoms with Crippen molar-refractivity contribution < 1.29 is 27.4 Å². The number of nitrogens with zero attached hydrogens (tertiary/aromatic N) is 1. The zero-order valence-corrected chi connectivity index (χ0v) is 18.1. The van der Waals surface area contributed by atoms with E-state index in [1.165, 1.54) is 12.1 Å². The number of nitrogens with one attached hydrogen (secondary N) is 2. The standard InChI is InChI=1S/C18H26F3N3O3.HI/c1-22-17(23-9-4-10-26-15-7-11-25-12-8-15)24-13-14-5-2-3-6-16(14)27-18(19,20)21;/h2-3,5-6,15H,4,7-13H2,1H3,(H2,22,23,24);1H. The number of benzene rings is 1. The highest BCUT2D eigenvalue weighted by atomic mass is 127. The molecule has 0 aromatic heterocycles. The van der Waals surface area contributed by atoms with E-state index in [2.05, 4.69) is 20.4 Å². The minimum absolute atomic E-state index is 0. The Bertz CT molecular complexity index is 597. The predicted octanol–water partition coefficient (Wildman–Crippen LogP) is 3.45. The molecule has 1 aromatic carbocycles. The van der Waals surface area contributed by atoms with E-state index < -0.39 is 6.36 Å². The molecule has 1 saturated heterocycles. The van der Waals surface area contributed by atoms with Crippen molar-refractivity contribution in [2.45, 2.75) is 38.3 Å². The Kier molecular flexibility index (Phi) is 11.5. The van der Waals surface area contributed by atoms with Crippen LogP contribution in [-0.4, -0.2) is 51.8 Å². The normalized spacial score (nSPS) is 15.6. The van der Waals surface area contributed by atoms with Crippen LogP contribution in [0.25, 0.3) is 0 Å². The molecule has 0 radical (unpaired) electrons. The molecule has 1 aliphatic rings. The first-order valence-electron chi connectivity index (χ1n) is 8.95. The van der Waals surface area contributed by atoms with Gasteiger partial charge in [0.25, 0.3) is 0 Å². The molecule has 0 bridgehead atoms. The van der Waals surface area contributed by atoms with Crippen molar-refractivity contribution in [3.05, 3.63) is 29.8 Å². The molecule has 10 heteroatoms. The average molecular weight is 517 g/mol. The molecule has 2 N–H and O–H groups in total. The summed E-state index contributed by atoms with van der Waals surface area (Å²) in [5.74, 6) is 0.278. The number of hydrogen-bond acceptors (Lipinski definition) is 4. The van der Waals surface area contributed by atoms with Gasteiger partial charge in [-0.05, 0) is 25.3 Å². The molecule has 6 nitrogen and oxygen atoms in total. The lowest BCUT2D eigenvalue weighted by Gasteiger charge is -2.22. The minimum atomic E-state index is -4.72. The van der Waals surface area contributed by atoms with Crippen LogP contribution in [0, 0.1) is 0 Å². The van der Waals surface area contributed by atoms with Gasteiger partial charge in [-0.25, -0.2) is 0 Å². The Balaban J connectivity index is 0.00000392. The third-order valence-corrected chi connectivity index (χ3v) is 4.00. The van der Waals surface area contributed by atoms with Gasteiger partial charge in [0.05, 0.1) is 6.10 Å². The fourth-order valence-electron chi connectivity index (χ4n) is 2.65. The van der Waals surface area contributed by atoms with Crippen molar-refractivity contribution in [3.8, 4) is 5.75 Å². The molecule has 0 saturated carbocycles. The van der Waals surface area contributed by atoms with Crippen molar-refractivity contribution in [1.82, 2.24) is 10.6 Å². The van der Waals surface area contributed by atoms with Crippen LogP contribution in [0.4, 0.5) is 13.2 Å². The summed E-state index contributed by atoms with van der Waals surface area (Å²) in [6.45, 7) is 2.93. The number of guanidine groups is 1. The van der Waals surface area contributed by atoms with Gasteiger partial charge in [0, 0.05) is 45.5 Å². The topological polar surface area (TPSA) is 64.1 Å². The lowest BCUT2D eigenvalue weighted by Crippen LogP contribution is -2.38. The first kappa shape index (κ1) is 24.8. The summed E-state index contributed by atoms with van der Waals surface area (Å²) in [4.78, 5) is 4.07. The first-order chi connectivity index (χ1) is 13.0. The number of aliphatic imine (C=N–C) groups is 1. The summed E-state index contributed by atoms with van der Waals surface area (Å²) in [7, 11) is 1.60. The van der Waals surface area contributed by atoms with Crippen LogP contribution in [0.2, 0.25) is 0 Å². The Hall–Kier alpha value is -1.27. The number of rotatable bonds is 8. The van der Waals surface area contributed by atoms with Gasteiger partial charge >= 0.3 is 6.36 Å². The molecule has 1 aliphatic heterocycles. The maximum Gasteiger partial charge on any atom is 0.573 e. The summed E-state index contributed by atoms with van der Waals surface area (Å²) in [5.41, 5.74) is 0.389. The fraction of sp³-hybridized carbons (Fsp3) is 0.611. The van der Waals surface area contributed by atoms with Crippen molar-refractivity contribution in [2.75, 3.05) is 33.4 Å². The second kappa shape index (κ2) is 13.0. The Morgan fingerprint density at radius 2 is 1.93 bits per heavy atom. The summed E-state index contributed by atoms with van der Waals surface area (Å²) in [6.07, 6.45) is -1.81. The quantitative estimate of drug-likeness (QED) is 0.240. The van der Waals surface area contributed by atoms with E-state index in [1.807, 2.05) is 0 Å². The van der Waals surface area contributed by atoms with Crippen LogP contribution >= 0.6 is 24.0 Å². The Morgan fingerprint density at radius 1 is 1.21 bits per heavy atom. The largest absolute Gasteiger partial charge is 0.573 e. The minimum Gasteiger partial charge on any atom is -0.405 e. The molecule has 1 aromatic rings. The van der Waals surface area contributed by atoms with E-state index >= 15 is 0 Å². The van der Waals surface area contributed by atoms with E-state index in [9.17, 15) is 13.2 Å². The van der Waals surface area contributed by atoms with Gasteiger partial charge < -0.3 is 24.8 Å². The maximum absolute atomic E-state index is 12.5. The van der Waals surface area contributed by atoms with E-state index in [-0.39, 0.29) is 42.4 Å². The van der Waals surface area contributed by atoms with Crippen LogP contribution in [0.1, 0.15) is 24.8 Å². The van der Waals surface area contributed by atoms with Gasteiger partial charge in [0.15, 0.2) is 5.96 Å². The molecule has 2 rings (SSSR count). The van der Waals surface area contributed by atoms with E-state index in [1.54, 1.807) is 19.2 Å². The zero-order chi connectivity index (χ0) is 19.5. The molecular formula is C18H27F3IN3O3. The van der Waals surface area contributed by atoms with Gasteiger partial charge in [-0.1, -0.05) is 18.2 Å². The number of alkyl halides is 3. The fourth-order valence-corrected chi connectivity index (χ4v) is 2.65. The second-order valence-corrected chi connectivity index (χ2v) is 6.04. The van der Waals surface area contributed by atoms with Crippen LogP contribution < -0.4 is 15.4 Å². The molecule has 0 atom stereocenters. The van der Waals surface area contributed by atoms with Gasteiger partial charge in [-0.2, -0.15) is 0 Å². The molecule has 0 aliphatic carbocycles. The van der Waals surface area contributed by atoms with Crippen LogP contribution in [0.5, 0.6) is 5.75 Å². The monoisotopic (exact) mass is 517 g/mol. The molecule has 0 amide bonds. The maximum atomic E-state index is 12.5. The Morgan fingerprint density at radius 3 is 2.61 bits per heavy atom. The molecule has 0 spiro atoms. The summed E-state index contributed by atoms with van der Waals surface area (Å²) >= 11 is 0. The number of halogens is 4. The van der Waals surface area contributed by atoms with Crippen molar-refractivity contribution in [3.63, 3.8) is 0 Å². The van der Waals surface area contributed by atoms with Crippen molar-refractivity contribution >= 4 is 29.9 Å². The molecule has 0 unspecified atom stereocenters. The predicted molar refractivity (Wildman–Crippen MR) is 111 cm³/mol. The van der Waals surface area contributed by atoms with Crippen molar-refractivity contribution in [1.29, 1.82) is 0 Å². The lowest BCUT2D eigenvalue weighted by molar-refractivity contribution is -0.274. The summed E-state index contributed by atoms with van der Waals surface area (Å²) in [6, 6.07) is 6.01. The van der Waals surface area contributed by atoms with E-state index in [4.69, 9.17) is 9.47 Å². The Labute approximate surface area is 180 Å². The van der Waals surface area contributed by atoms with Gasteiger partial charge in [0.1, 0.15) is 5.75 Å². The SMILES string of the molecule is CN=C(NCCCOC1CCOCC1)NCc1ccccc1OC(F)(F)F.I. The van der Waals surface area contributed by atoms with Crippen molar-refractivity contribution in [2.24, 2.45) is 4.99 Å². The molecule has 1 heterocycles. The van der Waals surface area contributed by atoms with E-state index in [0.717, 1.165) is 32.5 Å². The lowest BCUT2D eigenvalue weighted by atomic mass is 10.1. The molecule has 160 valence electrons. The van der Waals surface area contributed by atoms with Gasteiger partial charge in [-0.3, -0.25) is 4.99 Å². The summed E-state index contributed by atoms with van der Waals surface area (Å²) < 4.78 is 52.5. The highest BCUT2D eigenvalue weighted by Crippen LogP contribution is 2.26. The number of hydrogen-bond donors (Lipinski definition) is 2. The average Bonchev–Trinajstić information content (AvgIpc) is 2.64. The van der Waals surface area contributed by atoms with Crippen LogP contribution in [0.15, 0.2) is 29.3 Å². The number of ether oxygens (including phenoxy) is 3. The van der Waals surface area contributed by atoms with Gasteiger partial charge in [-0.15, -0.1) is 37.1 Å². The number of para-hydroxylation sites is 1. The first-order valence-corrected chi connectivity index (χ1v) is 8.95. The third-order valence-electron chi connectivity index (χ3n) is 4.00. The van der Waals surface area contributed by atoms with Crippen LogP contribution in [-0.2, 0) is 16.0 Å². The molecular weight excluding hydrogens is 490 g/mol. The van der Waals surface area contributed by atoms with Gasteiger partial charge in [0.2, 0.25) is 0 Å². The van der Waals surface area contributed by atoms with E-state index in [0.29, 0.717) is 24.7 Å². The zero-order valence-electron chi connectivity index (χ0n) is 15.8. The summed E-state index contributed by atoms with van der Waals surface area (Å²) in [5, 5.41) is 6.10. The molecule has 1 fully saturated rings. The highest BCUT2D eigenvalue weighted by molar-refractivity contribution is 14.0. The second-order valence-electron chi connectivity index (χ2n) is 6.04. The smallest absolute Gasteiger partial charge is 0.405 e. The third kappa shape index (κ3) is 9.78. The molecule has 28 heavy (non-hydrogen) atoms. The van der Waals surface area contributed by atoms with Crippen LogP contribution in [0.3, 0.4) is 0 Å².